The van der Waals surface area contributed by atoms with Crippen LogP contribution in [0.4, 0.5) is 0 Å². The highest BCUT2D eigenvalue weighted by molar-refractivity contribution is 5.58. The smallest absolute Gasteiger partial charge is 0.119 e. The fraction of sp³-hybridized carbons (Fsp3) is 0.143. The second kappa shape index (κ2) is 11.0. The summed E-state index contributed by atoms with van der Waals surface area (Å²) in [5, 5.41) is 108. The largest absolute Gasteiger partial charge is 0.508 e. The molecule has 10 N–H and O–H groups in total. The molecule has 0 heterocycles. The summed E-state index contributed by atoms with van der Waals surface area (Å²) in [6.45, 7) is 0. The summed E-state index contributed by atoms with van der Waals surface area (Å²) in [7, 11) is 0. The predicted molar refractivity (Wildman–Crippen MR) is 163 cm³/mol. The molecule has 15 rings (SSSR count). The Balaban J connectivity index is 1.49. The third-order valence-corrected chi connectivity index (χ3v) is 8.30. The highest BCUT2D eigenvalue weighted by atomic mass is 16.3. The van der Waals surface area contributed by atoms with Gasteiger partial charge in [-0.1, -0.05) is 0 Å². The van der Waals surface area contributed by atoms with Gasteiger partial charge in [-0.25, -0.2) is 0 Å². The van der Waals surface area contributed by atoms with Crippen molar-refractivity contribution in [3.8, 4) is 57.5 Å². The highest BCUT2D eigenvalue weighted by Crippen LogP contribution is 2.40. The first-order chi connectivity index (χ1) is 21.4. The van der Waals surface area contributed by atoms with Crippen LogP contribution < -0.4 is 0 Å². The van der Waals surface area contributed by atoms with Crippen LogP contribution in [0.25, 0.3) is 0 Å². The molecule has 10 aliphatic rings. The van der Waals surface area contributed by atoms with Gasteiger partial charge in [-0.15, -0.1) is 0 Å². The van der Waals surface area contributed by atoms with Gasteiger partial charge in [-0.05, 0) is 60.7 Å². The molecule has 0 radical (unpaired) electrons. The molecule has 0 saturated carbocycles. The molecule has 0 aromatic heterocycles. The van der Waals surface area contributed by atoms with Gasteiger partial charge in [0.2, 0.25) is 0 Å². The third-order valence-electron chi connectivity index (χ3n) is 8.30. The maximum Gasteiger partial charge on any atom is 0.119 e. The Morgan fingerprint density at radius 1 is 0.200 bits per heavy atom. The van der Waals surface area contributed by atoms with Crippen molar-refractivity contribution in [2.24, 2.45) is 0 Å². The quantitative estimate of drug-likeness (QED) is 0.104. The second-order valence-corrected chi connectivity index (χ2v) is 11.4. The lowest BCUT2D eigenvalue weighted by molar-refractivity contribution is 0.441. The fourth-order valence-electron chi connectivity index (χ4n) is 5.76. The summed E-state index contributed by atoms with van der Waals surface area (Å²) >= 11 is 0. The van der Waals surface area contributed by atoms with Crippen LogP contribution in [0.2, 0.25) is 0 Å². The zero-order chi connectivity index (χ0) is 32.2. The average Bonchev–Trinajstić information content (AvgIpc) is 2.97. The van der Waals surface area contributed by atoms with E-state index in [1.807, 2.05) is 0 Å². The minimum atomic E-state index is -0.212. The van der Waals surface area contributed by atoms with Crippen molar-refractivity contribution in [1.82, 2.24) is 0 Å². The van der Waals surface area contributed by atoms with E-state index in [2.05, 4.69) is 0 Å². The van der Waals surface area contributed by atoms with Gasteiger partial charge in [0.1, 0.15) is 57.5 Å². The summed E-state index contributed by atoms with van der Waals surface area (Å²) in [5.41, 5.74) is 2.49. The first-order valence-electron chi connectivity index (χ1n) is 14.0. The van der Waals surface area contributed by atoms with Crippen molar-refractivity contribution in [3.63, 3.8) is 0 Å². The van der Waals surface area contributed by atoms with E-state index in [1.165, 1.54) is 60.7 Å². The van der Waals surface area contributed by atoms with E-state index in [0.717, 1.165) is 0 Å². The maximum atomic E-state index is 10.8. The lowest BCUT2D eigenvalue weighted by atomic mass is 9.94. The topological polar surface area (TPSA) is 202 Å². The molecule has 0 spiro atoms. The number of hydrogen-bond acceptors (Lipinski definition) is 10. The standard InChI is InChI=1S/C35H30O10/c36-26-8-18-2-20-10-32(42)22(12-30(20)40)4-24-14-35(45)25(15-34(24)44)5-23-13-31(41)21(11-33(23)43)3-19-9-27(37)17(7-29(19)39)1-16(26)6-28(18)38/h6-15,36-45H,1-5H2. The van der Waals surface area contributed by atoms with Crippen LogP contribution >= 0.6 is 0 Å². The van der Waals surface area contributed by atoms with Crippen LogP contribution in [0.1, 0.15) is 55.6 Å². The van der Waals surface area contributed by atoms with Gasteiger partial charge in [-0.2, -0.15) is 0 Å². The van der Waals surface area contributed by atoms with Gasteiger partial charge < -0.3 is 51.1 Å². The summed E-state index contributed by atoms with van der Waals surface area (Å²) in [6, 6.07) is 13.1. The first kappa shape index (κ1) is 29.2. The number of rotatable bonds is 0. The van der Waals surface area contributed by atoms with Crippen LogP contribution in [0, 0.1) is 0 Å². The lowest BCUT2D eigenvalue weighted by Gasteiger charge is -2.15. The normalized spacial score (nSPS) is 12.9. The Labute approximate surface area is 256 Å². The minimum absolute atomic E-state index is 0.0553. The Morgan fingerprint density at radius 2 is 0.289 bits per heavy atom. The van der Waals surface area contributed by atoms with Gasteiger partial charge in [0.15, 0.2) is 0 Å². The van der Waals surface area contributed by atoms with Crippen LogP contribution in [-0.4, -0.2) is 51.1 Å². The first-order valence-corrected chi connectivity index (χ1v) is 14.0. The predicted octanol–water partition coefficient (Wildman–Crippen LogP) is 5.01. The minimum Gasteiger partial charge on any atom is -0.508 e. The molecule has 5 aromatic carbocycles. The maximum absolute atomic E-state index is 10.8. The van der Waals surface area contributed by atoms with Crippen molar-refractivity contribution in [2.75, 3.05) is 0 Å². The van der Waals surface area contributed by atoms with Gasteiger partial charge in [0.05, 0.1) is 0 Å². The summed E-state index contributed by atoms with van der Waals surface area (Å²) in [5.74, 6) is -2.12. The molecule has 0 aliphatic heterocycles. The number of phenolic OH excluding ortho intramolecular Hbond substituents is 10. The van der Waals surface area contributed by atoms with E-state index in [-0.39, 0.29) is 145 Å². The fourth-order valence-corrected chi connectivity index (χ4v) is 5.76. The SMILES string of the molecule is Oc1cc2c(O)cc1Cc1cc(O)c(cc1O)Cc1cc(O)c(cc1O)Cc1cc(O)c(cc1O)Cc1cc(O)c(cc1O)C2. The molecule has 5 aromatic rings. The van der Waals surface area contributed by atoms with E-state index in [1.54, 1.807) is 0 Å². The van der Waals surface area contributed by atoms with E-state index in [0.29, 0.717) is 0 Å². The number of phenols is 10. The van der Waals surface area contributed by atoms with Gasteiger partial charge >= 0.3 is 0 Å². The van der Waals surface area contributed by atoms with Crippen LogP contribution in [0.15, 0.2) is 60.7 Å². The molecule has 10 bridgehead atoms. The molecule has 0 amide bonds. The molecule has 0 saturated heterocycles. The van der Waals surface area contributed by atoms with Crippen molar-refractivity contribution < 1.29 is 51.1 Å². The zero-order valence-corrected chi connectivity index (χ0v) is 23.8. The third kappa shape index (κ3) is 5.61. The Bertz CT molecular complexity index is 1520. The van der Waals surface area contributed by atoms with Crippen molar-refractivity contribution in [1.29, 1.82) is 0 Å². The molecule has 230 valence electrons. The highest BCUT2D eigenvalue weighted by Gasteiger charge is 2.20. The van der Waals surface area contributed by atoms with Crippen molar-refractivity contribution in [3.05, 3.63) is 116 Å². The second-order valence-electron chi connectivity index (χ2n) is 11.4. The van der Waals surface area contributed by atoms with E-state index >= 15 is 0 Å². The van der Waals surface area contributed by atoms with Crippen LogP contribution in [-0.2, 0) is 32.1 Å². The zero-order valence-electron chi connectivity index (χ0n) is 23.8. The molecular formula is C35H30O10. The Kier molecular flexibility index (Phi) is 7.12. The summed E-state index contributed by atoms with van der Waals surface area (Å²) in [4.78, 5) is 0. The molecule has 45 heavy (non-hydrogen) atoms. The number of benzene rings is 5. The molecule has 10 aliphatic carbocycles. The van der Waals surface area contributed by atoms with Gasteiger partial charge in [-0.3, -0.25) is 0 Å². The lowest BCUT2D eigenvalue weighted by Crippen LogP contribution is -1.97. The van der Waals surface area contributed by atoms with Gasteiger partial charge in [0.25, 0.3) is 0 Å². The van der Waals surface area contributed by atoms with E-state index in [9.17, 15) is 51.1 Å². The van der Waals surface area contributed by atoms with E-state index in [4.69, 9.17) is 0 Å². The molecular weight excluding hydrogens is 580 g/mol. The average molecular weight is 611 g/mol. The molecule has 0 fully saturated rings. The summed E-state index contributed by atoms with van der Waals surface area (Å²) in [6.07, 6.45) is -0.277. The number of hydrogen-bond donors (Lipinski definition) is 10. The van der Waals surface area contributed by atoms with Crippen molar-refractivity contribution >= 4 is 0 Å². The number of aromatic hydroxyl groups is 10. The van der Waals surface area contributed by atoms with Crippen LogP contribution in [0.3, 0.4) is 0 Å². The monoisotopic (exact) mass is 610 g/mol. The van der Waals surface area contributed by atoms with Gasteiger partial charge in [0, 0.05) is 87.7 Å². The van der Waals surface area contributed by atoms with Crippen LogP contribution in [0.5, 0.6) is 57.5 Å². The molecule has 0 atom stereocenters. The molecule has 10 heteroatoms. The Morgan fingerprint density at radius 3 is 0.378 bits per heavy atom. The molecule has 0 unspecified atom stereocenters. The Hall–Kier alpha value is -5.90. The summed E-state index contributed by atoms with van der Waals surface area (Å²) < 4.78 is 0. The van der Waals surface area contributed by atoms with Crippen molar-refractivity contribution in [2.45, 2.75) is 32.1 Å². The van der Waals surface area contributed by atoms with E-state index < -0.39 is 0 Å². The molecule has 10 nitrogen and oxygen atoms in total.